The number of rotatable bonds is 6. The summed E-state index contributed by atoms with van der Waals surface area (Å²) >= 11 is 0. The number of carbonyl (C=O) groups is 1. The summed E-state index contributed by atoms with van der Waals surface area (Å²) in [5, 5.41) is 16.0. The van der Waals surface area contributed by atoms with Gasteiger partial charge in [0.2, 0.25) is 0 Å². The number of nitrogens with zero attached hydrogens (tertiary/aromatic N) is 2. The molecule has 0 unspecified atom stereocenters. The molecule has 1 fully saturated rings. The number of carbonyl (C=O) groups excluding carboxylic acids is 1. The first-order valence-corrected chi connectivity index (χ1v) is 8.77. The predicted molar refractivity (Wildman–Crippen MR) is 91.3 cm³/mol. The summed E-state index contributed by atoms with van der Waals surface area (Å²) in [6, 6.07) is 6.87. The fourth-order valence-electron chi connectivity index (χ4n) is 3.02. The summed E-state index contributed by atoms with van der Waals surface area (Å²) in [5.41, 5.74) is 0.524. The van der Waals surface area contributed by atoms with Crippen LogP contribution in [0.1, 0.15) is 34.7 Å². The number of aliphatic hydroxyl groups excluding tert-OH is 1. The van der Waals surface area contributed by atoms with E-state index in [-0.39, 0.29) is 24.1 Å². The molecular formula is C18H20F3N3O4. The zero-order chi connectivity index (χ0) is 20.1. The van der Waals surface area contributed by atoms with Crippen LogP contribution < -0.4 is 10.1 Å². The molecule has 2 N–H and O–H groups in total. The third kappa shape index (κ3) is 5.96. The van der Waals surface area contributed by atoms with Crippen LogP contribution in [-0.4, -0.2) is 46.6 Å². The van der Waals surface area contributed by atoms with Crippen LogP contribution in [-0.2, 0) is 13.1 Å². The van der Waals surface area contributed by atoms with E-state index in [1.807, 2.05) is 4.90 Å². The number of piperidine rings is 1. The van der Waals surface area contributed by atoms with Crippen molar-refractivity contribution in [2.24, 2.45) is 0 Å². The van der Waals surface area contributed by atoms with E-state index in [0.717, 1.165) is 19.4 Å². The Morgan fingerprint density at radius 2 is 2.21 bits per heavy atom. The molecule has 0 saturated carbocycles. The number of aliphatic hydroxyl groups is 1. The molecule has 1 amide bonds. The first-order chi connectivity index (χ1) is 13.3. The minimum Gasteiger partial charge on any atom is -0.406 e. The third-order valence-corrected chi connectivity index (χ3v) is 4.24. The molecule has 0 bridgehead atoms. The van der Waals surface area contributed by atoms with E-state index in [1.54, 1.807) is 6.07 Å². The van der Waals surface area contributed by atoms with E-state index in [4.69, 9.17) is 4.52 Å². The highest BCUT2D eigenvalue weighted by Crippen LogP contribution is 2.23. The number of hydrogen-bond donors (Lipinski definition) is 2. The molecular weight excluding hydrogens is 379 g/mol. The normalized spacial score (nSPS) is 18.1. The maximum Gasteiger partial charge on any atom is 0.573 e. The van der Waals surface area contributed by atoms with Crippen molar-refractivity contribution in [1.82, 2.24) is 15.4 Å². The Labute approximate surface area is 159 Å². The Hall–Kier alpha value is -2.59. The Balaban J connectivity index is 1.53. The number of halogens is 3. The predicted octanol–water partition coefficient (Wildman–Crippen LogP) is 2.46. The average Bonchev–Trinajstić information content (AvgIpc) is 3.07. The van der Waals surface area contributed by atoms with Crippen molar-refractivity contribution in [2.75, 3.05) is 13.1 Å². The molecule has 10 heteroatoms. The molecule has 0 radical (unpaired) electrons. The minimum atomic E-state index is -4.77. The maximum atomic E-state index is 12.3. The molecule has 152 valence electrons. The topological polar surface area (TPSA) is 87.8 Å². The van der Waals surface area contributed by atoms with Gasteiger partial charge in [0, 0.05) is 19.2 Å². The second-order valence-electron chi connectivity index (χ2n) is 6.59. The molecule has 1 aromatic heterocycles. The molecule has 0 aliphatic carbocycles. The summed E-state index contributed by atoms with van der Waals surface area (Å²) in [4.78, 5) is 14.2. The van der Waals surface area contributed by atoms with Gasteiger partial charge >= 0.3 is 6.36 Å². The van der Waals surface area contributed by atoms with Gasteiger partial charge in [0.05, 0.1) is 12.6 Å². The van der Waals surface area contributed by atoms with Crippen LogP contribution >= 0.6 is 0 Å². The highest BCUT2D eigenvalue weighted by molar-refractivity contribution is 5.92. The summed E-state index contributed by atoms with van der Waals surface area (Å²) in [6.07, 6.45) is -3.48. The molecule has 28 heavy (non-hydrogen) atoms. The summed E-state index contributed by atoms with van der Waals surface area (Å²) in [7, 11) is 0. The van der Waals surface area contributed by atoms with Crippen molar-refractivity contribution in [3.05, 3.63) is 47.3 Å². The SMILES string of the molecule is O=C(NCc1cccc(OC(F)(F)F)c1)c1cc(CN2CCC[C@H](O)C2)on1. The highest BCUT2D eigenvalue weighted by atomic mass is 19.4. The van der Waals surface area contributed by atoms with Crippen molar-refractivity contribution in [1.29, 1.82) is 0 Å². The fourth-order valence-corrected chi connectivity index (χ4v) is 3.02. The molecule has 7 nitrogen and oxygen atoms in total. The maximum absolute atomic E-state index is 12.3. The molecule has 1 aromatic carbocycles. The van der Waals surface area contributed by atoms with Crippen molar-refractivity contribution in [3.63, 3.8) is 0 Å². The number of hydrogen-bond acceptors (Lipinski definition) is 6. The average molecular weight is 399 g/mol. The Bertz CT molecular complexity index is 809. The second kappa shape index (κ2) is 8.61. The van der Waals surface area contributed by atoms with Gasteiger partial charge in [-0.2, -0.15) is 0 Å². The summed E-state index contributed by atoms with van der Waals surface area (Å²) in [6.45, 7) is 1.82. The van der Waals surface area contributed by atoms with E-state index < -0.39 is 12.3 Å². The van der Waals surface area contributed by atoms with Crippen LogP contribution in [0.5, 0.6) is 5.75 Å². The second-order valence-corrected chi connectivity index (χ2v) is 6.59. The Morgan fingerprint density at radius 3 is 2.96 bits per heavy atom. The fraction of sp³-hybridized carbons (Fsp3) is 0.444. The smallest absolute Gasteiger partial charge is 0.406 e. The third-order valence-electron chi connectivity index (χ3n) is 4.24. The largest absolute Gasteiger partial charge is 0.573 e. The highest BCUT2D eigenvalue weighted by Gasteiger charge is 2.31. The van der Waals surface area contributed by atoms with Crippen LogP contribution in [0.4, 0.5) is 13.2 Å². The van der Waals surface area contributed by atoms with Crippen LogP contribution in [0.15, 0.2) is 34.9 Å². The van der Waals surface area contributed by atoms with Crippen LogP contribution in [0.2, 0.25) is 0 Å². The van der Waals surface area contributed by atoms with Gasteiger partial charge in [-0.15, -0.1) is 13.2 Å². The Kier molecular flexibility index (Phi) is 6.20. The molecule has 1 aliphatic rings. The Morgan fingerprint density at radius 1 is 1.39 bits per heavy atom. The summed E-state index contributed by atoms with van der Waals surface area (Å²) in [5.74, 6) is -0.359. The molecule has 1 aliphatic heterocycles. The zero-order valence-corrected chi connectivity index (χ0v) is 14.9. The number of alkyl halides is 3. The molecule has 1 atom stereocenters. The van der Waals surface area contributed by atoms with E-state index in [1.165, 1.54) is 24.3 Å². The lowest BCUT2D eigenvalue weighted by Gasteiger charge is -2.28. The lowest BCUT2D eigenvalue weighted by Crippen LogP contribution is -2.37. The minimum absolute atomic E-state index is 0.00833. The van der Waals surface area contributed by atoms with E-state index >= 15 is 0 Å². The van der Waals surface area contributed by atoms with Gasteiger partial charge in [-0.05, 0) is 37.1 Å². The van der Waals surface area contributed by atoms with Gasteiger partial charge in [-0.25, -0.2) is 0 Å². The number of likely N-dealkylation sites (tertiary alicyclic amines) is 1. The standard InChI is InChI=1S/C18H20F3N3O4/c19-18(20,21)27-14-5-1-3-12(7-14)9-22-17(26)16-8-15(28-23-16)11-24-6-2-4-13(25)10-24/h1,3,5,7-8,13,25H,2,4,6,9-11H2,(H,22,26)/t13-/m0/s1. The van der Waals surface area contributed by atoms with Crippen molar-refractivity contribution in [2.45, 2.75) is 38.4 Å². The van der Waals surface area contributed by atoms with E-state index in [9.17, 15) is 23.1 Å². The molecule has 2 heterocycles. The number of benzene rings is 1. The van der Waals surface area contributed by atoms with Crippen molar-refractivity contribution < 1.29 is 32.3 Å². The van der Waals surface area contributed by atoms with Crippen LogP contribution in [0, 0.1) is 0 Å². The van der Waals surface area contributed by atoms with E-state index in [2.05, 4.69) is 15.2 Å². The van der Waals surface area contributed by atoms with Gasteiger partial charge in [0.15, 0.2) is 11.5 Å². The number of aromatic nitrogens is 1. The molecule has 0 spiro atoms. The van der Waals surface area contributed by atoms with Gasteiger partial charge in [0.25, 0.3) is 5.91 Å². The monoisotopic (exact) mass is 399 g/mol. The zero-order valence-electron chi connectivity index (χ0n) is 14.9. The lowest BCUT2D eigenvalue weighted by molar-refractivity contribution is -0.274. The van der Waals surface area contributed by atoms with Crippen LogP contribution in [0.25, 0.3) is 0 Å². The van der Waals surface area contributed by atoms with Crippen LogP contribution in [0.3, 0.4) is 0 Å². The first-order valence-electron chi connectivity index (χ1n) is 8.77. The van der Waals surface area contributed by atoms with Gasteiger partial charge in [-0.1, -0.05) is 17.3 Å². The summed E-state index contributed by atoms with van der Waals surface area (Å²) < 4.78 is 45.8. The van der Waals surface area contributed by atoms with Gasteiger partial charge in [-0.3, -0.25) is 9.69 Å². The lowest BCUT2D eigenvalue weighted by atomic mass is 10.1. The van der Waals surface area contributed by atoms with Crippen molar-refractivity contribution in [3.8, 4) is 5.75 Å². The number of amides is 1. The van der Waals surface area contributed by atoms with Crippen molar-refractivity contribution >= 4 is 5.91 Å². The first kappa shape index (κ1) is 20.2. The quantitative estimate of drug-likeness (QED) is 0.776. The molecule has 2 aromatic rings. The molecule has 3 rings (SSSR count). The number of β-amino-alcohol motifs (C(OH)–C–C–N with tert-alkyl or cyclic N) is 1. The molecule has 1 saturated heterocycles. The van der Waals surface area contributed by atoms with Gasteiger partial charge < -0.3 is 19.7 Å². The number of nitrogens with one attached hydrogen (secondary N) is 1. The number of ether oxygens (including phenoxy) is 1. The van der Waals surface area contributed by atoms with E-state index in [0.29, 0.717) is 24.4 Å². The van der Waals surface area contributed by atoms with Gasteiger partial charge in [0.1, 0.15) is 5.75 Å².